The summed E-state index contributed by atoms with van der Waals surface area (Å²) in [6.45, 7) is 8.83. The Bertz CT molecular complexity index is 1200. The third-order valence-electron chi connectivity index (χ3n) is 6.48. The zero-order chi connectivity index (χ0) is 23.7. The Kier molecular flexibility index (Phi) is 6.53. The van der Waals surface area contributed by atoms with Gasteiger partial charge in [-0.25, -0.2) is 0 Å². The average Bonchev–Trinajstić information content (AvgIpc) is 3.52. The molecule has 2 aliphatic heterocycles. The zero-order valence-electron chi connectivity index (χ0n) is 19.3. The number of aromatic nitrogens is 1. The molecule has 0 saturated carbocycles. The number of halogens is 2. The number of methoxy groups -OCH3 is 1. The van der Waals surface area contributed by atoms with E-state index < -0.39 is 0 Å². The first-order valence-electron chi connectivity index (χ1n) is 11.6. The van der Waals surface area contributed by atoms with Crippen LogP contribution < -0.4 is 20.3 Å². The van der Waals surface area contributed by atoms with Crippen LogP contribution >= 0.6 is 23.2 Å². The molecule has 3 aromatic rings. The van der Waals surface area contributed by atoms with Crippen molar-refractivity contribution in [3.8, 4) is 5.75 Å². The molecule has 3 N–H and O–H groups in total. The van der Waals surface area contributed by atoms with Crippen molar-refractivity contribution in [2.24, 2.45) is 0 Å². The number of benzene rings is 2. The van der Waals surface area contributed by atoms with Gasteiger partial charge in [0.05, 0.1) is 18.5 Å². The number of hydrogen-bond acceptors (Lipinski definition) is 5. The minimum absolute atomic E-state index is 0.683. The number of likely N-dealkylation sites (tertiary alicyclic amines) is 1. The predicted octanol–water partition coefficient (Wildman–Crippen LogP) is 6.57. The molecule has 0 aliphatic carbocycles. The quantitative estimate of drug-likeness (QED) is 0.344. The van der Waals surface area contributed by atoms with E-state index in [0.29, 0.717) is 11.6 Å². The highest BCUT2D eigenvalue weighted by molar-refractivity contribution is 6.33. The molecule has 0 atom stereocenters. The van der Waals surface area contributed by atoms with Crippen molar-refractivity contribution in [2.45, 2.75) is 19.4 Å². The average molecular weight is 498 g/mol. The molecule has 3 heterocycles. The second-order valence-electron chi connectivity index (χ2n) is 8.71. The van der Waals surface area contributed by atoms with E-state index >= 15 is 0 Å². The number of fused-ring (bicyclic) bond motifs is 1. The Morgan fingerprint density at radius 2 is 1.91 bits per heavy atom. The van der Waals surface area contributed by atoms with E-state index in [1.807, 2.05) is 24.3 Å². The van der Waals surface area contributed by atoms with Crippen molar-refractivity contribution in [1.29, 1.82) is 0 Å². The topological polar surface area (TPSA) is 55.6 Å². The number of anilines is 4. The molecule has 0 bridgehead atoms. The number of aromatic amines is 1. The third kappa shape index (κ3) is 4.65. The Morgan fingerprint density at radius 3 is 2.71 bits per heavy atom. The van der Waals surface area contributed by atoms with Crippen LogP contribution in [0.4, 0.5) is 23.0 Å². The molecular weight excluding hydrogens is 469 g/mol. The summed E-state index contributed by atoms with van der Waals surface area (Å²) in [6, 6.07) is 13.9. The van der Waals surface area contributed by atoms with Gasteiger partial charge in [0.25, 0.3) is 0 Å². The van der Waals surface area contributed by atoms with Crippen molar-refractivity contribution in [1.82, 2.24) is 9.88 Å². The lowest BCUT2D eigenvalue weighted by Gasteiger charge is -2.30. The van der Waals surface area contributed by atoms with Crippen LogP contribution in [0.3, 0.4) is 0 Å². The Morgan fingerprint density at radius 1 is 1.09 bits per heavy atom. The van der Waals surface area contributed by atoms with Crippen LogP contribution in [0.15, 0.2) is 49.0 Å². The van der Waals surface area contributed by atoms with E-state index in [1.165, 1.54) is 12.8 Å². The summed E-state index contributed by atoms with van der Waals surface area (Å²) in [5, 5.41) is 8.34. The fourth-order valence-corrected chi connectivity index (χ4v) is 5.03. The third-order valence-corrected chi connectivity index (χ3v) is 7.09. The van der Waals surface area contributed by atoms with Gasteiger partial charge in [0, 0.05) is 60.1 Å². The molecule has 1 aromatic heterocycles. The fourth-order valence-electron chi connectivity index (χ4n) is 4.65. The summed E-state index contributed by atoms with van der Waals surface area (Å²) in [7, 11) is 1.70. The van der Waals surface area contributed by atoms with E-state index in [1.54, 1.807) is 7.11 Å². The SMILES string of the molecule is C=C(c1ccc(Nc2cc3c([nH]2)NCCN3Cc2cc(Cl)ccc2Cl)c(OC)c1)N1CCCC1. The van der Waals surface area contributed by atoms with E-state index in [2.05, 4.69) is 50.2 Å². The number of nitrogens with one attached hydrogen (secondary N) is 3. The predicted molar refractivity (Wildman–Crippen MR) is 143 cm³/mol. The van der Waals surface area contributed by atoms with Gasteiger partial charge in [-0.2, -0.15) is 0 Å². The van der Waals surface area contributed by atoms with Gasteiger partial charge < -0.3 is 30.2 Å². The van der Waals surface area contributed by atoms with Crippen molar-refractivity contribution >= 4 is 51.9 Å². The number of rotatable bonds is 7. The lowest BCUT2D eigenvalue weighted by atomic mass is 10.1. The maximum Gasteiger partial charge on any atom is 0.143 e. The molecule has 0 amide bonds. The summed E-state index contributed by atoms with van der Waals surface area (Å²) in [5.74, 6) is 2.64. The molecule has 0 radical (unpaired) electrons. The van der Waals surface area contributed by atoms with E-state index in [0.717, 1.165) is 76.8 Å². The first kappa shape index (κ1) is 22.8. The van der Waals surface area contributed by atoms with Gasteiger partial charge in [-0.05, 0) is 48.7 Å². The second-order valence-corrected chi connectivity index (χ2v) is 9.55. The standard InChI is InChI=1S/C26H29Cl2N5O/c1-17(32-10-3-4-11-32)18-5-8-22(24(14-18)34-2)30-25-15-23-26(31-25)29-9-12-33(23)16-19-13-20(27)6-7-21(19)28/h5-8,13-15,29-31H,1,3-4,9-12,16H2,2H3. The Balaban J connectivity index is 1.35. The van der Waals surface area contributed by atoms with Gasteiger partial charge in [-0.1, -0.05) is 35.8 Å². The minimum atomic E-state index is 0.683. The van der Waals surface area contributed by atoms with E-state index in [-0.39, 0.29) is 0 Å². The van der Waals surface area contributed by atoms with Crippen molar-refractivity contribution in [2.75, 3.05) is 48.8 Å². The monoisotopic (exact) mass is 497 g/mol. The smallest absolute Gasteiger partial charge is 0.143 e. The van der Waals surface area contributed by atoms with Gasteiger partial charge in [0.15, 0.2) is 0 Å². The lowest BCUT2D eigenvalue weighted by molar-refractivity contribution is 0.416. The van der Waals surface area contributed by atoms with Crippen molar-refractivity contribution in [3.63, 3.8) is 0 Å². The van der Waals surface area contributed by atoms with Gasteiger partial charge in [0.2, 0.25) is 0 Å². The van der Waals surface area contributed by atoms with Crippen LogP contribution in [0.5, 0.6) is 5.75 Å². The van der Waals surface area contributed by atoms with Crippen molar-refractivity contribution < 1.29 is 4.74 Å². The molecule has 0 unspecified atom stereocenters. The first-order valence-corrected chi connectivity index (χ1v) is 12.3. The highest BCUT2D eigenvalue weighted by Crippen LogP contribution is 2.37. The maximum atomic E-state index is 6.42. The van der Waals surface area contributed by atoms with Crippen LogP contribution in [0.25, 0.3) is 5.70 Å². The number of nitrogens with zero attached hydrogens (tertiary/aromatic N) is 2. The van der Waals surface area contributed by atoms with E-state index in [4.69, 9.17) is 27.9 Å². The molecule has 2 aromatic carbocycles. The maximum absolute atomic E-state index is 6.42. The Labute approximate surface area is 210 Å². The molecule has 5 rings (SSSR count). The number of ether oxygens (including phenoxy) is 1. The summed E-state index contributed by atoms with van der Waals surface area (Å²) >= 11 is 12.6. The molecule has 34 heavy (non-hydrogen) atoms. The molecule has 178 valence electrons. The summed E-state index contributed by atoms with van der Waals surface area (Å²) in [6.07, 6.45) is 2.45. The molecule has 2 aliphatic rings. The first-order chi connectivity index (χ1) is 16.5. The normalized spacial score (nSPS) is 15.1. The van der Waals surface area contributed by atoms with Crippen LogP contribution in [-0.2, 0) is 6.54 Å². The second kappa shape index (κ2) is 9.72. The number of H-pyrrole nitrogens is 1. The summed E-state index contributed by atoms with van der Waals surface area (Å²) in [5.41, 5.74) is 5.12. The summed E-state index contributed by atoms with van der Waals surface area (Å²) < 4.78 is 5.71. The molecule has 1 fully saturated rings. The number of hydrogen-bond donors (Lipinski definition) is 3. The van der Waals surface area contributed by atoms with Crippen LogP contribution in [0.2, 0.25) is 10.0 Å². The molecule has 6 nitrogen and oxygen atoms in total. The van der Waals surface area contributed by atoms with Gasteiger partial charge in [-0.15, -0.1) is 0 Å². The zero-order valence-corrected chi connectivity index (χ0v) is 20.8. The van der Waals surface area contributed by atoms with Gasteiger partial charge >= 0.3 is 0 Å². The van der Waals surface area contributed by atoms with Crippen molar-refractivity contribution in [3.05, 3.63) is 70.2 Å². The van der Waals surface area contributed by atoms with Gasteiger partial charge in [0.1, 0.15) is 17.4 Å². The lowest BCUT2D eigenvalue weighted by Crippen LogP contribution is -2.33. The highest BCUT2D eigenvalue weighted by Gasteiger charge is 2.22. The fraction of sp³-hybridized carbons (Fsp3) is 0.308. The molecule has 8 heteroatoms. The molecule has 0 spiro atoms. The Hall–Kier alpha value is -2.96. The van der Waals surface area contributed by atoms with Crippen LogP contribution in [0.1, 0.15) is 24.0 Å². The van der Waals surface area contributed by atoms with Gasteiger partial charge in [-0.3, -0.25) is 0 Å². The van der Waals surface area contributed by atoms with Crippen LogP contribution in [-0.4, -0.2) is 43.2 Å². The largest absolute Gasteiger partial charge is 0.495 e. The van der Waals surface area contributed by atoms with Crippen LogP contribution in [0, 0.1) is 0 Å². The van der Waals surface area contributed by atoms with E-state index in [9.17, 15) is 0 Å². The highest BCUT2D eigenvalue weighted by atomic mass is 35.5. The minimum Gasteiger partial charge on any atom is -0.495 e. The molecule has 1 saturated heterocycles. The molecular formula is C26H29Cl2N5O. The summed E-state index contributed by atoms with van der Waals surface area (Å²) in [4.78, 5) is 8.09.